The zero-order valence-corrected chi connectivity index (χ0v) is 12.2. The molecule has 1 saturated heterocycles. The summed E-state index contributed by atoms with van der Waals surface area (Å²) in [7, 11) is 0. The van der Waals surface area contributed by atoms with Crippen LogP contribution in [0.2, 0.25) is 0 Å². The Morgan fingerprint density at radius 3 is 2.73 bits per heavy atom. The number of carbonyl (C=O) groups excluding carboxylic acids is 1. The van der Waals surface area contributed by atoms with Crippen molar-refractivity contribution in [3.63, 3.8) is 0 Å². The van der Waals surface area contributed by atoms with Crippen molar-refractivity contribution in [2.75, 3.05) is 6.54 Å². The molecule has 2 aromatic rings. The maximum Gasteiger partial charge on any atom is 0.329 e. The highest BCUT2D eigenvalue weighted by molar-refractivity contribution is 5.96. The first-order valence-electron chi connectivity index (χ1n) is 7.09. The second-order valence-electron chi connectivity index (χ2n) is 5.54. The molecule has 1 fully saturated rings. The molecular weight excluding hydrogens is 284 g/mol. The molecule has 1 aromatic heterocycles. The topological polar surface area (TPSA) is 83.6 Å². The van der Waals surface area contributed by atoms with Crippen molar-refractivity contribution < 1.29 is 19.1 Å². The van der Waals surface area contributed by atoms with E-state index in [9.17, 15) is 14.7 Å². The Labute approximate surface area is 127 Å². The Morgan fingerprint density at radius 2 is 2.05 bits per heavy atom. The van der Waals surface area contributed by atoms with E-state index in [2.05, 4.69) is 4.98 Å². The van der Waals surface area contributed by atoms with Gasteiger partial charge in [0.05, 0.1) is 0 Å². The number of amides is 1. The van der Waals surface area contributed by atoms with Crippen molar-refractivity contribution in [2.24, 2.45) is 0 Å². The van der Waals surface area contributed by atoms with Crippen LogP contribution < -0.4 is 0 Å². The molecule has 0 spiro atoms. The van der Waals surface area contributed by atoms with Crippen molar-refractivity contribution in [2.45, 2.75) is 25.3 Å². The molecule has 6 nitrogen and oxygen atoms in total. The van der Waals surface area contributed by atoms with E-state index in [-0.39, 0.29) is 5.69 Å². The second kappa shape index (κ2) is 5.29. The molecule has 1 atom stereocenters. The zero-order valence-electron chi connectivity index (χ0n) is 12.2. The lowest BCUT2D eigenvalue weighted by Gasteiger charge is -2.30. The van der Waals surface area contributed by atoms with Crippen LogP contribution >= 0.6 is 0 Å². The number of carboxylic acids is 1. The second-order valence-corrected chi connectivity index (χ2v) is 5.54. The minimum absolute atomic E-state index is 0.133. The van der Waals surface area contributed by atoms with E-state index in [0.29, 0.717) is 25.3 Å². The summed E-state index contributed by atoms with van der Waals surface area (Å²) >= 11 is 0. The predicted molar refractivity (Wildman–Crippen MR) is 78.3 cm³/mol. The van der Waals surface area contributed by atoms with Crippen molar-refractivity contribution in [1.29, 1.82) is 0 Å². The third-order valence-electron chi connectivity index (χ3n) is 4.09. The molecule has 1 N–H and O–H groups in total. The smallest absolute Gasteiger partial charge is 0.329 e. The van der Waals surface area contributed by atoms with Gasteiger partial charge in [0.2, 0.25) is 5.89 Å². The first-order valence-corrected chi connectivity index (χ1v) is 7.09. The molecule has 3 rings (SSSR count). The van der Waals surface area contributed by atoms with Crippen LogP contribution in [0.15, 0.2) is 41.0 Å². The van der Waals surface area contributed by atoms with E-state index in [1.165, 1.54) is 11.2 Å². The average molecular weight is 300 g/mol. The predicted octanol–water partition coefficient (Wildman–Crippen LogP) is 2.42. The molecule has 1 aliphatic heterocycles. The minimum atomic E-state index is -1.18. The lowest BCUT2D eigenvalue weighted by atomic mass is 9.99. The molecule has 114 valence electrons. The molecule has 0 saturated carbocycles. The highest BCUT2D eigenvalue weighted by atomic mass is 16.4. The van der Waals surface area contributed by atoms with E-state index < -0.39 is 17.4 Å². The van der Waals surface area contributed by atoms with Gasteiger partial charge in [0, 0.05) is 12.1 Å². The van der Waals surface area contributed by atoms with Crippen LogP contribution in [0.3, 0.4) is 0 Å². The molecule has 0 aliphatic carbocycles. The van der Waals surface area contributed by atoms with Gasteiger partial charge in [-0.15, -0.1) is 0 Å². The molecule has 1 aliphatic rings. The van der Waals surface area contributed by atoms with Gasteiger partial charge in [0.15, 0.2) is 5.69 Å². The first-order chi connectivity index (χ1) is 10.5. The average Bonchev–Trinajstić information content (AvgIpc) is 3.15. The largest absolute Gasteiger partial charge is 0.480 e. The number of likely N-dealkylation sites (tertiary alicyclic amines) is 1. The molecule has 1 aromatic carbocycles. The van der Waals surface area contributed by atoms with Crippen LogP contribution in [0, 0.1) is 0 Å². The van der Waals surface area contributed by atoms with Crippen LogP contribution in [-0.2, 0) is 4.79 Å². The Hall–Kier alpha value is -2.63. The fraction of sp³-hybridized carbons (Fsp3) is 0.312. The molecule has 22 heavy (non-hydrogen) atoms. The highest BCUT2D eigenvalue weighted by Gasteiger charge is 2.46. The van der Waals surface area contributed by atoms with Gasteiger partial charge in [-0.05, 0) is 31.9 Å². The Balaban J connectivity index is 1.88. The maximum atomic E-state index is 12.6. The van der Waals surface area contributed by atoms with E-state index in [0.717, 1.165) is 5.56 Å². The lowest BCUT2D eigenvalue weighted by molar-refractivity contribution is -0.147. The molecule has 0 radical (unpaired) electrons. The summed E-state index contributed by atoms with van der Waals surface area (Å²) in [5.41, 5.74) is -0.277. The van der Waals surface area contributed by atoms with Gasteiger partial charge >= 0.3 is 5.97 Å². The van der Waals surface area contributed by atoms with Crippen LogP contribution in [0.4, 0.5) is 0 Å². The summed E-state index contributed by atoms with van der Waals surface area (Å²) in [5, 5.41) is 9.38. The fourth-order valence-electron chi connectivity index (χ4n) is 2.73. The number of carboxylic acid groups (broad SMARTS) is 1. The Morgan fingerprint density at radius 1 is 1.32 bits per heavy atom. The minimum Gasteiger partial charge on any atom is -0.480 e. The Bertz CT molecular complexity index is 710. The standard InChI is InChI=1S/C16H16N2O4/c1-16(15(20)21)8-5-9-18(16)14(19)12-10-22-13(17-12)11-6-3-2-4-7-11/h2-4,6-7,10H,5,8-9H2,1H3,(H,20,21). The van der Waals surface area contributed by atoms with Gasteiger partial charge in [-0.1, -0.05) is 18.2 Å². The van der Waals surface area contributed by atoms with Gasteiger partial charge in [0.25, 0.3) is 5.91 Å². The SMILES string of the molecule is CC1(C(=O)O)CCCN1C(=O)c1coc(-c2ccccc2)n1. The molecule has 6 heteroatoms. The third-order valence-corrected chi connectivity index (χ3v) is 4.09. The summed E-state index contributed by atoms with van der Waals surface area (Å²) in [5.74, 6) is -1.06. The normalized spacial score (nSPS) is 21.0. The quantitative estimate of drug-likeness (QED) is 0.941. The molecule has 0 bridgehead atoms. The summed E-state index contributed by atoms with van der Waals surface area (Å²) in [6.45, 7) is 1.98. The van der Waals surface area contributed by atoms with E-state index in [4.69, 9.17) is 4.42 Å². The van der Waals surface area contributed by atoms with Crippen molar-refractivity contribution in [3.8, 4) is 11.5 Å². The number of oxazole rings is 1. The number of nitrogens with zero attached hydrogens (tertiary/aromatic N) is 2. The third kappa shape index (κ3) is 2.26. The molecule has 1 unspecified atom stereocenters. The summed E-state index contributed by atoms with van der Waals surface area (Å²) in [6.07, 6.45) is 2.39. The monoisotopic (exact) mass is 300 g/mol. The number of hydrogen-bond donors (Lipinski definition) is 1. The van der Waals surface area contributed by atoms with E-state index in [1.807, 2.05) is 30.3 Å². The highest BCUT2D eigenvalue weighted by Crippen LogP contribution is 2.31. The number of aromatic nitrogens is 1. The lowest BCUT2D eigenvalue weighted by Crippen LogP contribution is -2.50. The first kappa shape index (κ1) is 14.3. The zero-order chi connectivity index (χ0) is 15.7. The maximum absolute atomic E-state index is 12.6. The van der Waals surface area contributed by atoms with Crippen LogP contribution in [0.1, 0.15) is 30.3 Å². The van der Waals surface area contributed by atoms with Crippen molar-refractivity contribution in [1.82, 2.24) is 9.88 Å². The van der Waals surface area contributed by atoms with Gasteiger partial charge in [0.1, 0.15) is 11.8 Å². The van der Waals surface area contributed by atoms with Gasteiger partial charge in [-0.3, -0.25) is 4.79 Å². The van der Waals surface area contributed by atoms with E-state index in [1.54, 1.807) is 6.92 Å². The van der Waals surface area contributed by atoms with Crippen LogP contribution in [0.25, 0.3) is 11.5 Å². The summed E-state index contributed by atoms with van der Waals surface area (Å²) in [6, 6.07) is 9.24. The Kier molecular flexibility index (Phi) is 3.44. The van der Waals surface area contributed by atoms with Gasteiger partial charge in [-0.2, -0.15) is 0 Å². The van der Waals surface area contributed by atoms with Gasteiger partial charge in [-0.25, -0.2) is 9.78 Å². The molecule has 2 heterocycles. The summed E-state index contributed by atoms with van der Waals surface area (Å²) in [4.78, 5) is 29.6. The number of rotatable bonds is 3. The van der Waals surface area contributed by atoms with Crippen molar-refractivity contribution in [3.05, 3.63) is 42.3 Å². The molecular formula is C16H16N2O4. The van der Waals surface area contributed by atoms with E-state index >= 15 is 0 Å². The number of aliphatic carboxylic acids is 1. The van der Waals surface area contributed by atoms with Crippen LogP contribution in [-0.4, -0.2) is 39.0 Å². The molecule has 1 amide bonds. The van der Waals surface area contributed by atoms with Crippen LogP contribution in [0.5, 0.6) is 0 Å². The van der Waals surface area contributed by atoms with Crippen molar-refractivity contribution >= 4 is 11.9 Å². The number of benzene rings is 1. The van der Waals surface area contributed by atoms with Gasteiger partial charge < -0.3 is 14.4 Å². The number of carbonyl (C=O) groups is 2. The number of hydrogen-bond acceptors (Lipinski definition) is 4. The fourth-order valence-corrected chi connectivity index (χ4v) is 2.73. The summed E-state index contributed by atoms with van der Waals surface area (Å²) < 4.78 is 5.35.